The summed E-state index contributed by atoms with van der Waals surface area (Å²) in [4.78, 5) is 14.9. The maximum Gasteiger partial charge on any atom is 0.164 e. The van der Waals surface area contributed by atoms with Crippen molar-refractivity contribution in [2.24, 2.45) is 0 Å². The number of aromatic nitrogens is 4. The zero-order valence-corrected chi connectivity index (χ0v) is 31.2. The molecule has 5 nitrogen and oxygen atoms in total. The summed E-state index contributed by atoms with van der Waals surface area (Å²) in [6, 6.07) is 63.7. The fraction of sp³-hybridized carbons (Fsp3) is 0. The molecule has 266 valence electrons. The van der Waals surface area contributed by atoms with Gasteiger partial charge in [0.2, 0.25) is 0 Å². The zero-order chi connectivity index (χ0) is 37.5. The van der Waals surface area contributed by atoms with Crippen LogP contribution in [0.4, 0.5) is 0 Å². The summed E-state index contributed by atoms with van der Waals surface area (Å²) in [6.45, 7) is 0. The van der Waals surface area contributed by atoms with Crippen LogP contribution in [0, 0.1) is 0 Å². The summed E-state index contributed by atoms with van der Waals surface area (Å²) in [7, 11) is 0. The minimum absolute atomic E-state index is 0.647. The van der Waals surface area contributed by atoms with Crippen molar-refractivity contribution in [3.05, 3.63) is 182 Å². The van der Waals surface area contributed by atoms with Gasteiger partial charge in [0.25, 0.3) is 0 Å². The lowest BCUT2D eigenvalue weighted by atomic mass is 9.97. The number of benzene rings is 8. The lowest BCUT2D eigenvalue weighted by Gasteiger charge is -2.10. The fourth-order valence-corrected chi connectivity index (χ4v) is 9.71. The van der Waals surface area contributed by atoms with Crippen molar-refractivity contribution in [2.45, 2.75) is 0 Å². The van der Waals surface area contributed by atoms with Crippen molar-refractivity contribution in [1.29, 1.82) is 0 Å². The molecule has 0 fully saturated rings. The van der Waals surface area contributed by atoms with Gasteiger partial charge >= 0.3 is 0 Å². The molecule has 12 aromatic rings. The van der Waals surface area contributed by atoms with Crippen LogP contribution in [-0.2, 0) is 0 Å². The highest BCUT2D eigenvalue weighted by Crippen LogP contribution is 2.46. The third-order valence-corrected chi connectivity index (χ3v) is 12.2. The van der Waals surface area contributed by atoms with Crippen LogP contribution in [0.5, 0.6) is 0 Å². The number of thiophene rings is 1. The van der Waals surface area contributed by atoms with Crippen LogP contribution in [0.3, 0.4) is 0 Å². The molecule has 0 aliphatic carbocycles. The Bertz CT molecular complexity index is 3420. The summed E-state index contributed by atoms with van der Waals surface area (Å²) >= 11 is 1.79. The van der Waals surface area contributed by atoms with Crippen LogP contribution in [0.15, 0.2) is 186 Å². The topological polar surface area (TPSA) is 56.7 Å². The van der Waals surface area contributed by atoms with Gasteiger partial charge in [-0.15, -0.1) is 11.3 Å². The number of para-hydroxylation sites is 3. The van der Waals surface area contributed by atoms with Crippen LogP contribution < -0.4 is 0 Å². The molecule has 0 atom stereocenters. The molecule has 4 heterocycles. The van der Waals surface area contributed by atoms with Crippen molar-refractivity contribution in [2.75, 3.05) is 0 Å². The smallest absolute Gasteiger partial charge is 0.164 e. The first-order chi connectivity index (χ1) is 28.3. The van der Waals surface area contributed by atoms with Crippen LogP contribution in [-0.4, -0.2) is 19.5 Å². The van der Waals surface area contributed by atoms with Crippen molar-refractivity contribution in [3.8, 4) is 51.0 Å². The van der Waals surface area contributed by atoms with E-state index in [-0.39, 0.29) is 0 Å². The molecular formula is C51H30N4OS. The minimum atomic E-state index is 0.647. The van der Waals surface area contributed by atoms with Gasteiger partial charge in [0.05, 0.1) is 22.1 Å². The number of fused-ring (bicyclic) bond motifs is 9. The third-order valence-electron chi connectivity index (χ3n) is 11.1. The normalized spacial score (nSPS) is 11.9. The monoisotopic (exact) mass is 746 g/mol. The summed E-state index contributed by atoms with van der Waals surface area (Å²) in [5, 5.41) is 7.08. The molecule has 0 aliphatic heterocycles. The molecule has 4 aromatic heterocycles. The van der Waals surface area contributed by atoms with E-state index >= 15 is 0 Å². The predicted octanol–water partition coefficient (Wildman–Crippen LogP) is 13.9. The summed E-state index contributed by atoms with van der Waals surface area (Å²) < 4.78 is 11.6. The lowest BCUT2D eigenvalue weighted by Crippen LogP contribution is -1.99. The number of hydrogen-bond acceptors (Lipinski definition) is 5. The second-order valence-electron chi connectivity index (χ2n) is 14.3. The Balaban J connectivity index is 1.03. The van der Waals surface area contributed by atoms with Gasteiger partial charge < -0.3 is 8.98 Å². The van der Waals surface area contributed by atoms with E-state index in [0.29, 0.717) is 17.5 Å². The highest BCUT2D eigenvalue weighted by Gasteiger charge is 2.21. The van der Waals surface area contributed by atoms with E-state index < -0.39 is 0 Å². The Kier molecular flexibility index (Phi) is 7.03. The summed E-state index contributed by atoms with van der Waals surface area (Å²) in [5.41, 5.74) is 10.3. The molecule has 57 heavy (non-hydrogen) atoms. The van der Waals surface area contributed by atoms with Gasteiger partial charge in [-0.25, -0.2) is 15.0 Å². The molecule has 0 spiro atoms. The lowest BCUT2D eigenvalue weighted by molar-refractivity contribution is 0.670. The highest BCUT2D eigenvalue weighted by atomic mass is 32.1. The van der Waals surface area contributed by atoms with E-state index in [0.717, 1.165) is 55.4 Å². The fourth-order valence-electron chi connectivity index (χ4n) is 8.54. The molecule has 0 N–H and O–H groups in total. The largest absolute Gasteiger partial charge is 0.455 e. The van der Waals surface area contributed by atoms with Gasteiger partial charge in [-0.1, -0.05) is 146 Å². The van der Waals surface area contributed by atoms with E-state index in [4.69, 9.17) is 19.4 Å². The highest BCUT2D eigenvalue weighted by molar-refractivity contribution is 7.26. The second kappa shape index (κ2) is 12.6. The zero-order valence-electron chi connectivity index (χ0n) is 30.4. The van der Waals surface area contributed by atoms with Crippen molar-refractivity contribution < 1.29 is 4.42 Å². The van der Waals surface area contributed by atoms with Gasteiger partial charge in [-0.2, -0.15) is 0 Å². The Morgan fingerprint density at radius 3 is 1.68 bits per heavy atom. The molecule has 0 bridgehead atoms. The molecule has 8 aromatic carbocycles. The number of nitrogens with zero attached hydrogens (tertiary/aromatic N) is 4. The third kappa shape index (κ3) is 4.98. The van der Waals surface area contributed by atoms with E-state index in [1.165, 1.54) is 42.0 Å². The molecule has 0 amide bonds. The second-order valence-corrected chi connectivity index (χ2v) is 15.4. The van der Waals surface area contributed by atoms with Crippen molar-refractivity contribution in [3.63, 3.8) is 0 Å². The molecular weight excluding hydrogens is 717 g/mol. The van der Waals surface area contributed by atoms with Gasteiger partial charge in [0, 0.05) is 58.6 Å². The van der Waals surface area contributed by atoms with Gasteiger partial charge in [-0.05, 0) is 42.0 Å². The Morgan fingerprint density at radius 1 is 0.404 bits per heavy atom. The van der Waals surface area contributed by atoms with Gasteiger partial charge in [-0.3, -0.25) is 0 Å². The van der Waals surface area contributed by atoms with E-state index in [1.54, 1.807) is 11.3 Å². The molecule has 0 aliphatic rings. The molecule has 0 unspecified atom stereocenters. The first kappa shape index (κ1) is 31.9. The van der Waals surface area contributed by atoms with Crippen molar-refractivity contribution >= 4 is 75.3 Å². The average molecular weight is 747 g/mol. The Hall–Kier alpha value is -7.41. The van der Waals surface area contributed by atoms with Gasteiger partial charge in [0.15, 0.2) is 17.5 Å². The van der Waals surface area contributed by atoms with Crippen molar-refractivity contribution in [1.82, 2.24) is 19.5 Å². The van der Waals surface area contributed by atoms with Crippen LogP contribution in [0.1, 0.15) is 0 Å². The predicted molar refractivity (Wildman–Crippen MR) is 236 cm³/mol. The summed E-state index contributed by atoms with van der Waals surface area (Å²) in [5.74, 6) is 1.95. The van der Waals surface area contributed by atoms with E-state index in [2.05, 4.69) is 126 Å². The summed E-state index contributed by atoms with van der Waals surface area (Å²) in [6.07, 6.45) is 0. The number of rotatable bonds is 5. The van der Waals surface area contributed by atoms with E-state index in [9.17, 15) is 0 Å². The molecule has 0 saturated carbocycles. The Labute approximate surface area is 330 Å². The number of furan rings is 1. The first-order valence-corrected chi connectivity index (χ1v) is 19.8. The average Bonchev–Trinajstić information content (AvgIpc) is 3.96. The van der Waals surface area contributed by atoms with Gasteiger partial charge in [0.1, 0.15) is 11.2 Å². The van der Waals surface area contributed by atoms with Crippen LogP contribution in [0.25, 0.3) is 115 Å². The maximum absolute atomic E-state index is 6.88. The standard InChI is InChI=1S/C51H30N4OS/c1-3-14-31(15-4-1)49-52-50(32-16-5-2-6-17-32)54-51(53-49)33-28-29-38-45(30-33)57-44-27-12-20-36(46(38)44)37-21-11-22-39-47-42(25-13-26-43(47)56-48(37)39)55-40-23-9-7-18-34(40)35-19-8-10-24-41(35)55/h1-30H. The molecule has 12 rings (SSSR count). The molecule has 6 heteroatoms. The number of hydrogen-bond donors (Lipinski definition) is 0. The molecule has 0 radical (unpaired) electrons. The minimum Gasteiger partial charge on any atom is -0.455 e. The first-order valence-electron chi connectivity index (χ1n) is 19.0. The molecule has 0 saturated heterocycles. The van der Waals surface area contributed by atoms with Crippen LogP contribution in [0.2, 0.25) is 0 Å². The quantitative estimate of drug-likeness (QED) is 0.176. The SMILES string of the molecule is c1ccc(-c2nc(-c3ccccc3)nc(-c3ccc4c(c3)sc3cccc(-c5cccc6c5oc5cccc(-n7c8ccccc8c8ccccc87)c56)c34)n2)cc1. The van der Waals surface area contributed by atoms with E-state index in [1.807, 2.05) is 60.7 Å². The van der Waals surface area contributed by atoms with Crippen LogP contribution >= 0.6 is 11.3 Å². The maximum atomic E-state index is 6.88. The Morgan fingerprint density at radius 2 is 0.982 bits per heavy atom.